The number of carbonyl (C=O) groups excluding carboxylic acids is 1. The van der Waals surface area contributed by atoms with Crippen LogP contribution in [0.25, 0.3) is 0 Å². The van der Waals surface area contributed by atoms with Crippen molar-refractivity contribution >= 4 is 17.7 Å². The lowest BCUT2D eigenvalue weighted by atomic mass is 10.2. The van der Waals surface area contributed by atoms with Gasteiger partial charge in [0.15, 0.2) is 5.69 Å². The van der Waals surface area contributed by atoms with Crippen LogP contribution in [-0.2, 0) is 18.9 Å². The molecule has 24 heavy (non-hydrogen) atoms. The highest BCUT2D eigenvalue weighted by molar-refractivity contribution is 5.88. The third-order valence-corrected chi connectivity index (χ3v) is 3.41. The molecule has 0 aliphatic carbocycles. The van der Waals surface area contributed by atoms with Crippen molar-refractivity contribution in [2.45, 2.75) is 6.04 Å². The van der Waals surface area contributed by atoms with Gasteiger partial charge in [0.2, 0.25) is 5.95 Å². The topological polar surface area (TPSA) is 95.0 Å². The minimum Gasteiger partial charge on any atom is -0.459 e. The van der Waals surface area contributed by atoms with Crippen LogP contribution < -0.4 is 10.2 Å². The third kappa shape index (κ3) is 5.29. The second-order valence-corrected chi connectivity index (χ2v) is 5.36. The Hall–Kier alpha value is -1.97. The van der Waals surface area contributed by atoms with Crippen LogP contribution in [0.3, 0.4) is 0 Å². The summed E-state index contributed by atoms with van der Waals surface area (Å²) >= 11 is 0. The molecule has 1 aromatic rings. The number of anilines is 2. The molecule has 134 valence electrons. The SMILES string of the molecule is COCCOC(=O)c1cc(NC2COC2)nc(N(C)CCOC)n1. The summed E-state index contributed by atoms with van der Waals surface area (Å²) in [5.41, 5.74) is 0.197. The number of rotatable bonds is 10. The van der Waals surface area contributed by atoms with Gasteiger partial charge in [-0.05, 0) is 0 Å². The maximum atomic E-state index is 12.2. The van der Waals surface area contributed by atoms with E-state index in [-0.39, 0.29) is 18.3 Å². The molecule has 0 bridgehead atoms. The average molecular weight is 340 g/mol. The Morgan fingerprint density at radius 3 is 2.67 bits per heavy atom. The Labute approximate surface area is 141 Å². The molecule has 0 spiro atoms. The molecule has 2 heterocycles. The van der Waals surface area contributed by atoms with E-state index in [9.17, 15) is 4.79 Å². The fraction of sp³-hybridized carbons (Fsp3) is 0.667. The number of methoxy groups -OCH3 is 2. The van der Waals surface area contributed by atoms with Crippen molar-refractivity contribution < 1.29 is 23.7 Å². The lowest BCUT2D eigenvalue weighted by Gasteiger charge is -2.28. The Balaban J connectivity index is 2.13. The van der Waals surface area contributed by atoms with E-state index in [1.165, 1.54) is 0 Å². The van der Waals surface area contributed by atoms with Gasteiger partial charge in [0.05, 0.1) is 32.5 Å². The number of hydrogen-bond acceptors (Lipinski definition) is 9. The molecule has 1 aliphatic rings. The zero-order valence-electron chi connectivity index (χ0n) is 14.3. The summed E-state index contributed by atoms with van der Waals surface area (Å²) in [6.45, 7) is 2.88. The van der Waals surface area contributed by atoms with Crippen LogP contribution >= 0.6 is 0 Å². The van der Waals surface area contributed by atoms with Gasteiger partial charge < -0.3 is 29.2 Å². The minimum absolute atomic E-state index is 0.174. The highest BCUT2D eigenvalue weighted by atomic mass is 16.6. The van der Waals surface area contributed by atoms with Crippen LogP contribution in [0.15, 0.2) is 6.07 Å². The lowest BCUT2D eigenvalue weighted by Crippen LogP contribution is -2.40. The predicted molar refractivity (Wildman–Crippen MR) is 87.6 cm³/mol. The second-order valence-electron chi connectivity index (χ2n) is 5.36. The molecule has 0 unspecified atom stereocenters. The van der Waals surface area contributed by atoms with Crippen molar-refractivity contribution in [3.8, 4) is 0 Å². The quantitative estimate of drug-likeness (QED) is 0.472. The minimum atomic E-state index is -0.510. The average Bonchev–Trinajstić information content (AvgIpc) is 2.55. The van der Waals surface area contributed by atoms with E-state index in [2.05, 4.69) is 15.3 Å². The lowest BCUT2D eigenvalue weighted by molar-refractivity contribution is 0.0209. The number of esters is 1. The van der Waals surface area contributed by atoms with Crippen molar-refractivity contribution in [2.24, 2.45) is 0 Å². The van der Waals surface area contributed by atoms with Gasteiger partial charge >= 0.3 is 5.97 Å². The van der Waals surface area contributed by atoms with Crippen LogP contribution in [0.1, 0.15) is 10.5 Å². The fourth-order valence-corrected chi connectivity index (χ4v) is 1.93. The maximum Gasteiger partial charge on any atom is 0.357 e. The predicted octanol–water partition coefficient (Wildman–Crippen LogP) is 0.173. The highest BCUT2D eigenvalue weighted by Gasteiger charge is 2.21. The largest absolute Gasteiger partial charge is 0.459 e. The molecule has 1 fully saturated rings. The summed E-state index contributed by atoms with van der Waals surface area (Å²) in [6, 6.07) is 1.77. The number of nitrogens with one attached hydrogen (secondary N) is 1. The number of ether oxygens (including phenoxy) is 4. The van der Waals surface area contributed by atoms with E-state index in [1.807, 2.05) is 11.9 Å². The first-order chi connectivity index (χ1) is 11.6. The summed E-state index contributed by atoms with van der Waals surface area (Å²) in [5.74, 6) is 0.482. The van der Waals surface area contributed by atoms with Crippen molar-refractivity contribution in [1.29, 1.82) is 0 Å². The molecule has 9 heteroatoms. The van der Waals surface area contributed by atoms with Gasteiger partial charge in [-0.1, -0.05) is 0 Å². The van der Waals surface area contributed by atoms with Gasteiger partial charge in [-0.2, -0.15) is 4.98 Å². The summed E-state index contributed by atoms with van der Waals surface area (Å²) < 4.78 is 20.2. The van der Waals surface area contributed by atoms with E-state index < -0.39 is 5.97 Å². The van der Waals surface area contributed by atoms with Crippen LogP contribution in [-0.4, -0.2) is 82.8 Å². The van der Waals surface area contributed by atoms with Gasteiger partial charge in [-0.15, -0.1) is 0 Å². The summed E-state index contributed by atoms with van der Waals surface area (Å²) in [4.78, 5) is 22.7. The van der Waals surface area contributed by atoms with Crippen LogP contribution in [0, 0.1) is 0 Å². The molecule has 0 saturated carbocycles. The monoisotopic (exact) mass is 340 g/mol. The molecular formula is C15H24N4O5. The Morgan fingerprint density at radius 1 is 1.29 bits per heavy atom. The summed E-state index contributed by atoms with van der Waals surface area (Å²) in [5, 5.41) is 3.23. The van der Waals surface area contributed by atoms with E-state index in [0.29, 0.717) is 44.7 Å². The Kier molecular flexibility index (Phi) is 7.16. The highest BCUT2D eigenvalue weighted by Crippen LogP contribution is 2.16. The van der Waals surface area contributed by atoms with Crippen molar-refractivity contribution in [3.05, 3.63) is 11.8 Å². The van der Waals surface area contributed by atoms with Gasteiger partial charge in [-0.25, -0.2) is 9.78 Å². The van der Waals surface area contributed by atoms with Crippen LogP contribution in [0.4, 0.5) is 11.8 Å². The first-order valence-corrected chi connectivity index (χ1v) is 7.73. The molecule has 1 saturated heterocycles. The molecule has 2 rings (SSSR count). The second kappa shape index (κ2) is 9.36. The standard InChI is InChI=1S/C15H24N4O5/c1-19(4-5-21-2)15-17-12(14(20)24-7-6-22-3)8-13(18-15)16-11-9-23-10-11/h8,11H,4-7,9-10H2,1-3H3,(H,16,17,18). The Bertz CT molecular complexity index is 539. The van der Waals surface area contributed by atoms with E-state index in [0.717, 1.165) is 0 Å². The zero-order valence-corrected chi connectivity index (χ0v) is 14.3. The zero-order chi connectivity index (χ0) is 17.4. The van der Waals surface area contributed by atoms with Gasteiger partial charge in [-0.3, -0.25) is 0 Å². The smallest absolute Gasteiger partial charge is 0.357 e. The van der Waals surface area contributed by atoms with Crippen molar-refractivity contribution in [2.75, 3.05) is 71.1 Å². The number of likely N-dealkylation sites (N-methyl/N-ethyl adjacent to an activating group) is 1. The maximum absolute atomic E-state index is 12.2. The van der Waals surface area contributed by atoms with Crippen LogP contribution in [0.5, 0.6) is 0 Å². The third-order valence-electron chi connectivity index (χ3n) is 3.41. The summed E-state index contributed by atoms with van der Waals surface area (Å²) in [6.07, 6.45) is 0. The van der Waals surface area contributed by atoms with Crippen molar-refractivity contribution in [1.82, 2.24) is 9.97 Å². The molecule has 0 aromatic carbocycles. The van der Waals surface area contributed by atoms with Gasteiger partial charge in [0, 0.05) is 33.9 Å². The molecule has 0 atom stereocenters. The molecule has 1 aliphatic heterocycles. The molecule has 0 radical (unpaired) electrons. The van der Waals surface area contributed by atoms with Gasteiger partial charge in [0.1, 0.15) is 12.4 Å². The normalized spacial score (nSPS) is 14.1. The molecular weight excluding hydrogens is 316 g/mol. The van der Waals surface area contributed by atoms with Crippen molar-refractivity contribution in [3.63, 3.8) is 0 Å². The fourth-order valence-electron chi connectivity index (χ4n) is 1.93. The van der Waals surface area contributed by atoms with Crippen LogP contribution in [0.2, 0.25) is 0 Å². The number of aromatic nitrogens is 2. The van der Waals surface area contributed by atoms with E-state index in [1.54, 1.807) is 20.3 Å². The molecule has 1 aromatic heterocycles. The first kappa shape index (κ1) is 18.4. The number of carbonyl (C=O) groups is 1. The Morgan fingerprint density at radius 2 is 2.04 bits per heavy atom. The number of hydrogen-bond donors (Lipinski definition) is 1. The first-order valence-electron chi connectivity index (χ1n) is 7.73. The molecule has 9 nitrogen and oxygen atoms in total. The van der Waals surface area contributed by atoms with Gasteiger partial charge in [0.25, 0.3) is 0 Å². The summed E-state index contributed by atoms with van der Waals surface area (Å²) in [7, 11) is 5.01. The molecule has 1 N–H and O–H groups in total. The molecule has 0 amide bonds. The van der Waals surface area contributed by atoms with E-state index in [4.69, 9.17) is 18.9 Å². The number of nitrogens with zero attached hydrogens (tertiary/aromatic N) is 3. The van der Waals surface area contributed by atoms with E-state index >= 15 is 0 Å².